The van der Waals surface area contributed by atoms with Gasteiger partial charge in [0.05, 0.1) is 24.0 Å². The van der Waals surface area contributed by atoms with E-state index < -0.39 is 5.91 Å². The molecule has 2 aromatic rings. The molecule has 0 spiro atoms. The Morgan fingerprint density at radius 2 is 2.10 bits per heavy atom. The normalized spacial score (nSPS) is 10.3. The number of nitrogens with one attached hydrogen (secondary N) is 1. The first-order valence-corrected chi connectivity index (χ1v) is 6.76. The van der Waals surface area contributed by atoms with Gasteiger partial charge in [-0.2, -0.15) is 0 Å². The number of ether oxygens (including phenoxy) is 1. The number of nitrogen functional groups attached to an aromatic ring is 1. The van der Waals surface area contributed by atoms with Crippen LogP contribution in [0.5, 0.6) is 5.75 Å². The van der Waals surface area contributed by atoms with E-state index in [-0.39, 0.29) is 16.0 Å². The Balaban J connectivity index is 2.35. The SMILES string of the molecule is COc1cccc(C(=O)Nc2c(C)cc(Cl)nc2Cl)c1N. The van der Waals surface area contributed by atoms with Crippen LogP contribution in [0.25, 0.3) is 0 Å². The number of methoxy groups -OCH3 is 1. The highest BCUT2D eigenvalue weighted by atomic mass is 35.5. The number of hydrogen-bond acceptors (Lipinski definition) is 4. The molecule has 3 N–H and O–H groups in total. The second kappa shape index (κ2) is 6.20. The maximum atomic E-state index is 12.3. The molecular weight excluding hydrogens is 313 g/mol. The molecule has 0 atom stereocenters. The average Bonchev–Trinajstić information content (AvgIpc) is 2.42. The quantitative estimate of drug-likeness (QED) is 0.668. The van der Waals surface area contributed by atoms with E-state index in [0.29, 0.717) is 22.6 Å². The van der Waals surface area contributed by atoms with Crippen molar-refractivity contribution in [3.8, 4) is 5.75 Å². The lowest BCUT2D eigenvalue weighted by Crippen LogP contribution is -2.16. The molecule has 0 fully saturated rings. The van der Waals surface area contributed by atoms with Gasteiger partial charge >= 0.3 is 0 Å². The van der Waals surface area contributed by atoms with Crippen LogP contribution in [0.4, 0.5) is 11.4 Å². The first-order chi connectivity index (χ1) is 9.93. The van der Waals surface area contributed by atoms with Crippen molar-refractivity contribution in [2.45, 2.75) is 6.92 Å². The van der Waals surface area contributed by atoms with E-state index in [1.807, 2.05) is 0 Å². The lowest BCUT2D eigenvalue weighted by molar-refractivity contribution is 0.102. The number of amides is 1. The number of carbonyl (C=O) groups is 1. The van der Waals surface area contributed by atoms with Gasteiger partial charge in [0.1, 0.15) is 10.9 Å². The summed E-state index contributed by atoms with van der Waals surface area (Å²) >= 11 is 11.8. The van der Waals surface area contributed by atoms with Crippen LogP contribution in [0, 0.1) is 6.92 Å². The number of pyridine rings is 1. The van der Waals surface area contributed by atoms with Crippen molar-refractivity contribution in [1.82, 2.24) is 4.98 Å². The first kappa shape index (κ1) is 15.4. The van der Waals surface area contributed by atoms with Gasteiger partial charge in [0.15, 0.2) is 5.15 Å². The van der Waals surface area contributed by atoms with Crippen LogP contribution < -0.4 is 15.8 Å². The molecule has 7 heteroatoms. The highest BCUT2D eigenvalue weighted by Gasteiger charge is 2.16. The second-order valence-corrected chi connectivity index (χ2v) is 5.05. The third-order valence-corrected chi connectivity index (χ3v) is 3.38. The lowest BCUT2D eigenvalue weighted by atomic mass is 10.1. The van der Waals surface area contributed by atoms with Gasteiger partial charge in [0.2, 0.25) is 0 Å². The molecule has 21 heavy (non-hydrogen) atoms. The predicted molar refractivity (Wildman–Crippen MR) is 84.4 cm³/mol. The summed E-state index contributed by atoms with van der Waals surface area (Å²) in [5.41, 5.74) is 7.54. The number of aryl methyl sites for hydroxylation is 1. The molecule has 0 aliphatic carbocycles. The Labute approximate surface area is 132 Å². The van der Waals surface area contributed by atoms with Gasteiger partial charge in [-0.05, 0) is 30.7 Å². The zero-order chi connectivity index (χ0) is 15.6. The third kappa shape index (κ3) is 3.20. The van der Waals surface area contributed by atoms with Crippen molar-refractivity contribution in [2.24, 2.45) is 0 Å². The monoisotopic (exact) mass is 325 g/mol. The van der Waals surface area contributed by atoms with E-state index in [0.717, 1.165) is 0 Å². The van der Waals surface area contributed by atoms with E-state index in [2.05, 4.69) is 10.3 Å². The maximum Gasteiger partial charge on any atom is 0.257 e. The molecular formula is C14H13Cl2N3O2. The minimum absolute atomic E-state index is 0.120. The summed E-state index contributed by atoms with van der Waals surface area (Å²) in [5.74, 6) is 0.0280. The van der Waals surface area contributed by atoms with Crippen LogP contribution in [0.1, 0.15) is 15.9 Å². The molecule has 0 aliphatic rings. The van der Waals surface area contributed by atoms with E-state index in [1.165, 1.54) is 7.11 Å². The Kier molecular flexibility index (Phi) is 4.55. The van der Waals surface area contributed by atoms with Crippen molar-refractivity contribution >= 4 is 40.5 Å². The Morgan fingerprint density at radius 1 is 1.38 bits per heavy atom. The third-order valence-electron chi connectivity index (χ3n) is 2.91. The van der Waals surface area contributed by atoms with Gasteiger partial charge in [0.25, 0.3) is 5.91 Å². The number of rotatable bonds is 3. The highest BCUT2D eigenvalue weighted by molar-refractivity contribution is 6.35. The van der Waals surface area contributed by atoms with Crippen molar-refractivity contribution in [2.75, 3.05) is 18.2 Å². The fourth-order valence-corrected chi connectivity index (χ4v) is 2.43. The zero-order valence-electron chi connectivity index (χ0n) is 11.4. The van der Waals surface area contributed by atoms with Crippen molar-refractivity contribution < 1.29 is 9.53 Å². The second-order valence-electron chi connectivity index (χ2n) is 4.30. The van der Waals surface area contributed by atoms with Crippen LogP contribution in [0.2, 0.25) is 10.3 Å². The number of halogens is 2. The van der Waals surface area contributed by atoms with E-state index in [4.69, 9.17) is 33.7 Å². The fraction of sp³-hybridized carbons (Fsp3) is 0.143. The summed E-state index contributed by atoms with van der Waals surface area (Å²) in [4.78, 5) is 16.2. The number of anilines is 2. The van der Waals surface area contributed by atoms with Gasteiger partial charge in [0, 0.05) is 0 Å². The zero-order valence-corrected chi connectivity index (χ0v) is 12.9. The summed E-state index contributed by atoms with van der Waals surface area (Å²) in [6, 6.07) is 6.56. The molecule has 2 rings (SSSR count). The smallest absolute Gasteiger partial charge is 0.257 e. The van der Waals surface area contributed by atoms with E-state index >= 15 is 0 Å². The predicted octanol–water partition coefficient (Wildman–Crippen LogP) is 3.54. The van der Waals surface area contributed by atoms with Gasteiger partial charge in [-0.15, -0.1) is 0 Å². The first-order valence-electron chi connectivity index (χ1n) is 6.00. The van der Waals surface area contributed by atoms with Gasteiger partial charge in [-0.1, -0.05) is 29.3 Å². The number of carbonyl (C=O) groups excluding carboxylic acids is 1. The minimum Gasteiger partial charge on any atom is -0.495 e. The van der Waals surface area contributed by atoms with Gasteiger partial charge < -0.3 is 15.8 Å². The molecule has 0 bridgehead atoms. The molecule has 1 aromatic heterocycles. The molecule has 0 unspecified atom stereocenters. The standard InChI is InChI=1S/C14H13Cl2N3O2/c1-7-6-10(15)18-13(16)12(7)19-14(20)8-4-3-5-9(21-2)11(8)17/h3-6H,17H2,1-2H3,(H,19,20). The van der Waals surface area contributed by atoms with Gasteiger partial charge in [-0.3, -0.25) is 4.79 Å². The van der Waals surface area contributed by atoms with Crippen LogP contribution >= 0.6 is 23.2 Å². The van der Waals surface area contributed by atoms with Crippen molar-refractivity contribution in [3.63, 3.8) is 0 Å². The topological polar surface area (TPSA) is 77.2 Å². The number of para-hydroxylation sites is 1. The highest BCUT2D eigenvalue weighted by Crippen LogP contribution is 2.29. The van der Waals surface area contributed by atoms with Crippen LogP contribution in [-0.2, 0) is 0 Å². The largest absolute Gasteiger partial charge is 0.495 e. The van der Waals surface area contributed by atoms with E-state index in [1.54, 1.807) is 31.2 Å². The van der Waals surface area contributed by atoms with Crippen LogP contribution in [0.3, 0.4) is 0 Å². The van der Waals surface area contributed by atoms with Crippen molar-refractivity contribution in [1.29, 1.82) is 0 Å². The molecule has 1 heterocycles. The summed E-state index contributed by atoms with van der Waals surface area (Å²) in [7, 11) is 1.48. The summed E-state index contributed by atoms with van der Waals surface area (Å²) in [6.07, 6.45) is 0. The molecule has 1 aromatic carbocycles. The van der Waals surface area contributed by atoms with E-state index in [9.17, 15) is 4.79 Å². The number of benzene rings is 1. The molecule has 5 nitrogen and oxygen atoms in total. The lowest BCUT2D eigenvalue weighted by Gasteiger charge is -2.13. The van der Waals surface area contributed by atoms with Gasteiger partial charge in [-0.25, -0.2) is 4.98 Å². The summed E-state index contributed by atoms with van der Waals surface area (Å²) in [6.45, 7) is 1.77. The number of aromatic nitrogens is 1. The molecule has 1 amide bonds. The van der Waals surface area contributed by atoms with Crippen LogP contribution in [-0.4, -0.2) is 18.0 Å². The van der Waals surface area contributed by atoms with Crippen molar-refractivity contribution in [3.05, 3.63) is 45.7 Å². The fourth-order valence-electron chi connectivity index (χ4n) is 1.85. The summed E-state index contributed by atoms with van der Waals surface area (Å²) < 4.78 is 5.09. The number of nitrogens with zero attached hydrogens (tertiary/aromatic N) is 1. The molecule has 0 aliphatic heterocycles. The maximum absolute atomic E-state index is 12.3. The number of nitrogens with two attached hydrogens (primary N) is 1. The minimum atomic E-state index is -0.402. The number of hydrogen-bond donors (Lipinski definition) is 2. The van der Waals surface area contributed by atoms with Crippen LogP contribution in [0.15, 0.2) is 24.3 Å². The Morgan fingerprint density at radius 3 is 2.71 bits per heavy atom. The molecule has 110 valence electrons. The Bertz CT molecular complexity index is 682. The Hall–Kier alpha value is -1.98. The molecule has 0 radical (unpaired) electrons. The molecule has 0 saturated carbocycles. The average molecular weight is 326 g/mol. The molecule has 0 saturated heterocycles. The summed E-state index contributed by atoms with van der Waals surface area (Å²) in [5, 5.41) is 3.07.